The first-order chi connectivity index (χ1) is 13.5. The summed E-state index contributed by atoms with van der Waals surface area (Å²) in [5, 5.41) is 8.34. The number of fused-ring (bicyclic) bond motifs is 1. The van der Waals surface area contributed by atoms with E-state index in [2.05, 4.69) is 25.2 Å². The van der Waals surface area contributed by atoms with Crippen LogP contribution < -0.4 is 10.1 Å². The number of amides is 1. The Hall–Kier alpha value is -2.44. The van der Waals surface area contributed by atoms with Gasteiger partial charge in [0.25, 0.3) is 5.91 Å². The molecule has 1 aromatic heterocycles. The number of nitrogens with one attached hydrogen (secondary N) is 1. The summed E-state index contributed by atoms with van der Waals surface area (Å²) in [6.07, 6.45) is 0. The molecule has 0 bridgehead atoms. The van der Waals surface area contributed by atoms with Crippen LogP contribution in [0.4, 0.5) is 5.82 Å². The predicted octanol–water partition coefficient (Wildman–Crippen LogP) is 5.15. The number of ether oxygens (including phenoxy) is 1. The summed E-state index contributed by atoms with van der Waals surface area (Å²) in [4.78, 5) is 13.1. The van der Waals surface area contributed by atoms with E-state index in [1.54, 1.807) is 30.0 Å². The van der Waals surface area contributed by atoms with Gasteiger partial charge in [-0.1, -0.05) is 23.7 Å². The largest absolute Gasteiger partial charge is 0.496 e. The number of aryl methyl sites for hydroxylation is 1. The van der Waals surface area contributed by atoms with Crippen molar-refractivity contribution in [2.24, 2.45) is 0 Å². The van der Waals surface area contributed by atoms with Crippen LogP contribution in [0.2, 0.25) is 5.02 Å². The molecule has 1 aliphatic heterocycles. The Kier molecular flexibility index (Phi) is 5.08. The molecule has 1 amide bonds. The maximum Gasteiger partial charge on any atom is 0.260 e. The second-order valence-corrected chi connectivity index (χ2v) is 8.12. The zero-order chi connectivity index (χ0) is 19.8. The summed E-state index contributed by atoms with van der Waals surface area (Å²) in [5.41, 5.74) is 5.75. The summed E-state index contributed by atoms with van der Waals surface area (Å²) in [5.74, 6) is 2.58. The Balaban J connectivity index is 1.79. The predicted molar refractivity (Wildman–Crippen MR) is 114 cm³/mol. The van der Waals surface area contributed by atoms with E-state index in [9.17, 15) is 4.79 Å². The maximum atomic E-state index is 13.1. The fourth-order valence-corrected chi connectivity index (χ4v) is 4.52. The highest BCUT2D eigenvalue weighted by molar-refractivity contribution is 7.98. The monoisotopic (exact) mass is 413 g/mol. The molecule has 2 aromatic carbocycles. The van der Waals surface area contributed by atoms with Gasteiger partial charge in [-0.05, 0) is 49.2 Å². The number of benzene rings is 2. The van der Waals surface area contributed by atoms with Gasteiger partial charge < -0.3 is 10.1 Å². The molecular weight excluding hydrogens is 394 g/mol. The molecule has 0 unspecified atom stereocenters. The quantitative estimate of drug-likeness (QED) is 0.642. The molecule has 5 nitrogen and oxygen atoms in total. The van der Waals surface area contributed by atoms with Crippen molar-refractivity contribution in [3.8, 4) is 11.4 Å². The number of methoxy groups -OCH3 is 1. The van der Waals surface area contributed by atoms with Crippen LogP contribution in [-0.2, 0) is 11.5 Å². The minimum absolute atomic E-state index is 0.273. The molecule has 144 valence electrons. The number of rotatable bonds is 4. The van der Waals surface area contributed by atoms with Gasteiger partial charge in [-0.3, -0.25) is 4.79 Å². The van der Waals surface area contributed by atoms with Gasteiger partial charge >= 0.3 is 0 Å². The molecule has 0 radical (unpaired) electrons. The zero-order valence-electron chi connectivity index (χ0n) is 15.9. The molecule has 7 heteroatoms. The molecule has 3 aromatic rings. The first-order valence-corrected chi connectivity index (χ1v) is 10.4. The third-order valence-electron chi connectivity index (χ3n) is 4.99. The summed E-state index contributed by atoms with van der Waals surface area (Å²) in [6.45, 7) is 4.14. The second kappa shape index (κ2) is 7.53. The van der Waals surface area contributed by atoms with Crippen LogP contribution in [0, 0.1) is 13.8 Å². The van der Waals surface area contributed by atoms with Gasteiger partial charge in [0.05, 0.1) is 24.1 Å². The molecule has 28 heavy (non-hydrogen) atoms. The van der Waals surface area contributed by atoms with Crippen LogP contribution in [0.15, 0.2) is 36.4 Å². The van der Waals surface area contributed by atoms with Gasteiger partial charge in [0, 0.05) is 22.1 Å². The van der Waals surface area contributed by atoms with Crippen LogP contribution in [0.25, 0.3) is 5.69 Å². The highest BCUT2D eigenvalue weighted by Crippen LogP contribution is 2.37. The molecular formula is C21H20ClN3O2S. The van der Waals surface area contributed by atoms with E-state index >= 15 is 0 Å². The van der Waals surface area contributed by atoms with Gasteiger partial charge in [0.1, 0.15) is 11.6 Å². The fraction of sp³-hybridized carbons (Fsp3) is 0.238. The molecule has 0 saturated heterocycles. The number of aromatic nitrogens is 2. The Morgan fingerprint density at radius 3 is 2.86 bits per heavy atom. The highest BCUT2D eigenvalue weighted by Gasteiger charge is 2.26. The summed E-state index contributed by atoms with van der Waals surface area (Å²) in [7, 11) is 1.54. The van der Waals surface area contributed by atoms with Gasteiger partial charge in [0.15, 0.2) is 0 Å². The molecule has 0 atom stereocenters. The third kappa shape index (κ3) is 3.27. The van der Waals surface area contributed by atoms with Crippen LogP contribution in [0.5, 0.6) is 5.75 Å². The topological polar surface area (TPSA) is 56.1 Å². The van der Waals surface area contributed by atoms with E-state index in [4.69, 9.17) is 21.4 Å². The molecule has 1 aliphatic rings. The molecule has 0 saturated carbocycles. The zero-order valence-corrected chi connectivity index (χ0v) is 17.4. The lowest BCUT2D eigenvalue weighted by Gasteiger charge is -2.15. The SMILES string of the molecule is COc1ccc(Cl)cc1C(=O)Nc1c2c(nn1-c1cccc(C)c1C)CSC2. The van der Waals surface area contributed by atoms with Crippen LogP contribution in [0.1, 0.15) is 32.7 Å². The number of anilines is 1. The van der Waals surface area contributed by atoms with Crippen molar-refractivity contribution < 1.29 is 9.53 Å². The number of carbonyl (C=O) groups is 1. The Bertz CT molecular complexity index is 1080. The number of nitrogens with zero attached hydrogens (tertiary/aromatic N) is 2. The molecule has 4 rings (SSSR count). The number of halogens is 1. The van der Waals surface area contributed by atoms with E-state index in [0.717, 1.165) is 34.0 Å². The minimum atomic E-state index is -0.273. The van der Waals surface area contributed by atoms with Crippen LogP contribution in [0.3, 0.4) is 0 Å². The summed E-state index contributed by atoms with van der Waals surface area (Å²) < 4.78 is 7.19. The van der Waals surface area contributed by atoms with E-state index < -0.39 is 0 Å². The second-order valence-electron chi connectivity index (χ2n) is 6.70. The van der Waals surface area contributed by atoms with E-state index in [-0.39, 0.29) is 5.91 Å². The van der Waals surface area contributed by atoms with Gasteiger partial charge in [-0.2, -0.15) is 16.9 Å². The van der Waals surface area contributed by atoms with Crippen molar-refractivity contribution in [1.82, 2.24) is 9.78 Å². The van der Waals surface area contributed by atoms with Crippen molar-refractivity contribution >= 4 is 35.1 Å². The normalized spacial score (nSPS) is 12.7. The molecule has 0 aliphatic carbocycles. The molecule has 1 N–H and O–H groups in total. The first kappa shape index (κ1) is 18.9. The molecule has 2 heterocycles. The van der Waals surface area contributed by atoms with Crippen molar-refractivity contribution in [2.75, 3.05) is 12.4 Å². The van der Waals surface area contributed by atoms with E-state index in [0.29, 0.717) is 22.2 Å². The standard InChI is InChI=1S/C21H20ClN3O2S/c1-12-5-4-6-18(13(12)2)25-20(16-10-28-11-17(16)24-25)23-21(26)15-9-14(22)7-8-19(15)27-3/h4-9H,10-11H2,1-3H3,(H,23,26). The number of thioether (sulfide) groups is 1. The summed E-state index contributed by atoms with van der Waals surface area (Å²) in [6, 6.07) is 11.1. The van der Waals surface area contributed by atoms with Crippen LogP contribution >= 0.6 is 23.4 Å². The lowest BCUT2D eigenvalue weighted by Crippen LogP contribution is -2.17. The van der Waals surface area contributed by atoms with E-state index in [1.165, 1.54) is 12.7 Å². The third-order valence-corrected chi connectivity index (χ3v) is 6.20. The van der Waals surface area contributed by atoms with Crippen molar-refractivity contribution in [2.45, 2.75) is 25.4 Å². The Labute approximate surface area is 173 Å². The number of carbonyl (C=O) groups excluding carboxylic acids is 1. The Morgan fingerprint density at radius 1 is 1.25 bits per heavy atom. The lowest BCUT2D eigenvalue weighted by molar-refractivity contribution is 0.102. The lowest BCUT2D eigenvalue weighted by atomic mass is 10.1. The van der Waals surface area contributed by atoms with Gasteiger partial charge in [-0.25, -0.2) is 4.68 Å². The number of hydrogen-bond donors (Lipinski definition) is 1. The fourth-order valence-electron chi connectivity index (χ4n) is 3.31. The van der Waals surface area contributed by atoms with Gasteiger partial charge in [0.2, 0.25) is 0 Å². The van der Waals surface area contributed by atoms with Crippen LogP contribution in [-0.4, -0.2) is 22.8 Å². The summed E-state index contributed by atoms with van der Waals surface area (Å²) >= 11 is 7.90. The average molecular weight is 414 g/mol. The number of hydrogen-bond acceptors (Lipinski definition) is 4. The first-order valence-electron chi connectivity index (χ1n) is 8.89. The molecule has 0 spiro atoms. The van der Waals surface area contributed by atoms with Gasteiger partial charge in [-0.15, -0.1) is 0 Å². The minimum Gasteiger partial charge on any atom is -0.496 e. The maximum absolute atomic E-state index is 13.1. The van der Waals surface area contributed by atoms with Crippen molar-refractivity contribution in [3.63, 3.8) is 0 Å². The average Bonchev–Trinajstić information content (AvgIpc) is 3.26. The molecule has 0 fully saturated rings. The van der Waals surface area contributed by atoms with E-state index in [1.807, 2.05) is 16.8 Å². The highest BCUT2D eigenvalue weighted by atomic mass is 35.5. The van der Waals surface area contributed by atoms with Crippen molar-refractivity contribution in [1.29, 1.82) is 0 Å². The van der Waals surface area contributed by atoms with Crippen molar-refractivity contribution in [3.05, 3.63) is 69.4 Å². The smallest absolute Gasteiger partial charge is 0.260 e. The Morgan fingerprint density at radius 2 is 2.07 bits per heavy atom.